The minimum Gasteiger partial charge on any atom is -0.475 e. The van der Waals surface area contributed by atoms with Crippen LogP contribution in [0.2, 0.25) is 0 Å². The van der Waals surface area contributed by atoms with Gasteiger partial charge in [0.1, 0.15) is 25.3 Å². The predicted molar refractivity (Wildman–Crippen MR) is 132 cm³/mol. The van der Waals surface area contributed by atoms with Gasteiger partial charge < -0.3 is 14.5 Å². The molecule has 0 spiro atoms. The number of benzene rings is 3. The van der Waals surface area contributed by atoms with Crippen LogP contribution in [0.15, 0.2) is 94.9 Å². The van der Waals surface area contributed by atoms with Crippen molar-refractivity contribution in [2.45, 2.75) is 12.1 Å². The van der Waals surface area contributed by atoms with Crippen LogP contribution in [0, 0.1) is 0 Å². The first kappa shape index (κ1) is 19.6. The van der Waals surface area contributed by atoms with E-state index >= 15 is 0 Å². The molecule has 5 heteroatoms. The van der Waals surface area contributed by atoms with Crippen LogP contribution in [-0.4, -0.2) is 30.0 Å². The highest BCUT2D eigenvalue weighted by atomic mass is 16.5. The SMILES string of the molecule is C(/C1=N[C@H](c2ccccc2)CO1)=c1/[nH]/c(=C\C2=N[C@@H](c3ccccc3)CO2)c2ccccc12. The molecule has 0 saturated heterocycles. The number of nitrogens with one attached hydrogen (secondary N) is 1. The van der Waals surface area contributed by atoms with Gasteiger partial charge in [-0.05, 0) is 11.1 Å². The maximum absolute atomic E-state index is 5.89. The van der Waals surface area contributed by atoms with Crippen molar-refractivity contribution in [1.82, 2.24) is 4.98 Å². The topological polar surface area (TPSA) is 59.0 Å². The largest absolute Gasteiger partial charge is 0.475 e. The first-order valence-corrected chi connectivity index (χ1v) is 11.1. The van der Waals surface area contributed by atoms with Crippen LogP contribution < -0.4 is 10.7 Å². The Hall–Kier alpha value is -4.12. The Balaban J connectivity index is 1.37. The number of aromatic nitrogens is 1. The van der Waals surface area contributed by atoms with Crippen molar-refractivity contribution >= 4 is 34.7 Å². The molecule has 1 N–H and O–H groups in total. The highest BCUT2D eigenvalue weighted by Crippen LogP contribution is 2.24. The first-order chi connectivity index (χ1) is 16.3. The van der Waals surface area contributed by atoms with Crippen LogP contribution >= 0.6 is 0 Å². The van der Waals surface area contributed by atoms with Crippen molar-refractivity contribution in [1.29, 1.82) is 0 Å². The average Bonchev–Trinajstić information content (AvgIpc) is 3.61. The van der Waals surface area contributed by atoms with Gasteiger partial charge in [0.15, 0.2) is 0 Å². The molecule has 0 aliphatic carbocycles. The lowest BCUT2D eigenvalue weighted by Gasteiger charge is -2.03. The summed E-state index contributed by atoms with van der Waals surface area (Å²) in [4.78, 5) is 13.1. The monoisotopic (exact) mass is 433 g/mol. The minimum absolute atomic E-state index is 0.0286. The first-order valence-electron chi connectivity index (χ1n) is 11.1. The molecule has 2 atom stereocenters. The van der Waals surface area contributed by atoms with Crippen molar-refractivity contribution in [2.24, 2.45) is 9.98 Å². The molecule has 0 fully saturated rings. The van der Waals surface area contributed by atoms with Gasteiger partial charge >= 0.3 is 0 Å². The lowest BCUT2D eigenvalue weighted by atomic mass is 10.1. The van der Waals surface area contributed by atoms with E-state index in [0.717, 1.165) is 32.6 Å². The molecule has 1 aromatic heterocycles. The van der Waals surface area contributed by atoms with Crippen LogP contribution in [0.5, 0.6) is 0 Å². The Morgan fingerprint density at radius 2 is 1.03 bits per heavy atom. The van der Waals surface area contributed by atoms with Gasteiger partial charge in [-0.2, -0.15) is 0 Å². The summed E-state index contributed by atoms with van der Waals surface area (Å²) in [6, 6.07) is 28.8. The maximum Gasteiger partial charge on any atom is 0.211 e. The van der Waals surface area contributed by atoms with Gasteiger partial charge in [0.25, 0.3) is 0 Å². The molecular weight excluding hydrogens is 410 g/mol. The molecule has 33 heavy (non-hydrogen) atoms. The molecule has 4 aromatic rings. The molecule has 0 radical (unpaired) electrons. The normalized spacial score (nSPS) is 21.1. The summed E-state index contributed by atoms with van der Waals surface area (Å²) in [5, 5.41) is 4.14. The number of rotatable bonds is 4. The molecule has 0 unspecified atom stereocenters. The second-order valence-electron chi connectivity index (χ2n) is 8.20. The molecule has 0 saturated carbocycles. The van der Waals surface area contributed by atoms with Gasteiger partial charge in [0, 0.05) is 22.9 Å². The Kier molecular flexibility index (Phi) is 5.00. The number of hydrogen-bond donors (Lipinski definition) is 1. The summed E-state index contributed by atoms with van der Waals surface area (Å²) in [5.41, 5.74) is 2.33. The van der Waals surface area contributed by atoms with Crippen molar-refractivity contribution in [3.63, 3.8) is 0 Å². The number of fused-ring (bicyclic) bond motifs is 1. The zero-order chi connectivity index (χ0) is 22.0. The van der Waals surface area contributed by atoms with E-state index in [2.05, 4.69) is 41.4 Å². The van der Waals surface area contributed by atoms with Gasteiger partial charge in [-0.3, -0.25) is 0 Å². The summed E-state index contributed by atoms with van der Waals surface area (Å²) < 4.78 is 11.8. The van der Waals surface area contributed by atoms with Crippen molar-refractivity contribution in [3.05, 3.63) is 107 Å². The van der Waals surface area contributed by atoms with E-state index in [4.69, 9.17) is 19.5 Å². The molecule has 5 nitrogen and oxygen atoms in total. The van der Waals surface area contributed by atoms with E-state index in [-0.39, 0.29) is 12.1 Å². The van der Waals surface area contributed by atoms with Crippen molar-refractivity contribution in [2.75, 3.05) is 13.2 Å². The van der Waals surface area contributed by atoms with Crippen LogP contribution in [0.4, 0.5) is 0 Å². The molecule has 6 rings (SSSR count). The van der Waals surface area contributed by atoms with Crippen LogP contribution in [-0.2, 0) is 9.47 Å². The van der Waals surface area contributed by atoms with E-state index in [1.165, 1.54) is 0 Å². The molecule has 0 bridgehead atoms. The van der Waals surface area contributed by atoms with Gasteiger partial charge in [-0.15, -0.1) is 0 Å². The van der Waals surface area contributed by atoms with Crippen LogP contribution in [0.25, 0.3) is 22.9 Å². The number of H-pyrrole nitrogens is 1. The average molecular weight is 434 g/mol. The molecule has 3 heterocycles. The third kappa shape index (κ3) is 3.94. The summed E-state index contributed by atoms with van der Waals surface area (Å²) in [5.74, 6) is 1.28. The van der Waals surface area contributed by atoms with E-state index in [1.807, 2.05) is 60.7 Å². The van der Waals surface area contributed by atoms with Crippen molar-refractivity contribution < 1.29 is 9.47 Å². The van der Waals surface area contributed by atoms with E-state index in [0.29, 0.717) is 25.0 Å². The van der Waals surface area contributed by atoms with E-state index < -0.39 is 0 Å². The zero-order valence-electron chi connectivity index (χ0n) is 18.0. The fourth-order valence-corrected chi connectivity index (χ4v) is 4.34. The Bertz CT molecular complexity index is 1360. The zero-order valence-corrected chi connectivity index (χ0v) is 18.0. The quantitative estimate of drug-likeness (QED) is 0.528. The van der Waals surface area contributed by atoms with Gasteiger partial charge in [0.2, 0.25) is 11.8 Å². The molecule has 162 valence electrons. The standard InChI is InChI=1S/C28H23N3O2/c1-3-9-19(10-4-1)25-17-32-27(30-25)15-23-21-13-7-8-14-22(21)24(29-23)16-28-31-26(18-33-28)20-11-5-2-6-12-20/h1-16,25-26,29H,17-18H2/b23-15-,24-16-/t25-,26+. The third-order valence-electron chi connectivity index (χ3n) is 6.03. The molecule has 2 aliphatic heterocycles. The summed E-state index contributed by atoms with van der Waals surface area (Å²) in [6.07, 6.45) is 3.96. The highest BCUT2D eigenvalue weighted by molar-refractivity contribution is 6.09. The lowest BCUT2D eigenvalue weighted by Crippen LogP contribution is -2.14. The van der Waals surface area contributed by atoms with Crippen molar-refractivity contribution in [3.8, 4) is 0 Å². The van der Waals surface area contributed by atoms with Gasteiger partial charge in [-0.1, -0.05) is 84.9 Å². The third-order valence-corrected chi connectivity index (χ3v) is 6.03. The Labute approximate surface area is 191 Å². The lowest BCUT2D eigenvalue weighted by molar-refractivity contribution is 0.323. The predicted octanol–water partition coefficient (Wildman–Crippen LogP) is 4.07. The summed E-state index contributed by atoms with van der Waals surface area (Å²) >= 11 is 0. The number of ether oxygens (including phenoxy) is 2. The number of nitrogens with zero attached hydrogens (tertiary/aromatic N) is 2. The van der Waals surface area contributed by atoms with Crippen LogP contribution in [0.3, 0.4) is 0 Å². The molecular formula is C28H23N3O2. The highest BCUT2D eigenvalue weighted by Gasteiger charge is 2.20. The number of hydrogen-bond acceptors (Lipinski definition) is 4. The summed E-state index contributed by atoms with van der Waals surface area (Å²) in [6.45, 7) is 1.11. The van der Waals surface area contributed by atoms with E-state index in [1.54, 1.807) is 0 Å². The minimum atomic E-state index is 0.0286. The molecule has 2 aliphatic rings. The van der Waals surface area contributed by atoms with Crippen LogP contribution in [0.1, 0.15) is 23.2 Å². The molecule has 0 amide bonds. The second kappa shape index (κ2) is 8.43. The molecule has 3 aromatic carbocycles. The van der Waals surface area contributed by atoms with Gasteiger partial charge in [0.05, 0.1) is 10.7 Å². The Morgan fingerprint density at radius 3 is 1.48 bits per heavy atom. The summed E-state index contributed by atoms with van der Waals surface area (Å²) in [7, 11) is 0. The number of aromatic amines is 1. The fraction of sp³-hybridized carbons (Fsp3) is 0.143. The van der Waals surface area contributed by atoms with E-state index in [9.17, 15) is 0 Å². The fourth-order valence-electron chi connectivity index (χ4n) is 4.34. The Morgan fingerprint density at radius 1 is 0.606 bits per heavy atom. The number of aliphatic imine (C=N–C) groups is 2. The smallest absolute Gasteiger partial charge is 0.211 e. The maximum atomic E-state index is 5.89. The van der Waals surface area contributed by atoms with Gasteiger partial charge in [-0.25, -0.2) is 9.98 Å². The second-order valence-corrected chi connectivity index (χ2v) is 8.20.